The van der Waals surface area contributed by atoms with Crippen LogP contribution in [-0.2, 0) is 19.4 Å². The number of nitrogens with zero attached hydrogens (tertiary/aromatic N) is 1. The Morgan fingerprint density at radius 2 is 1.94 bits per heavy atom. The summed E-state index contributed by atoms with van der Waals surface area (Å²) in [5.74, 6) is -1.48. The number of carboxylic acids is 1. The highest BCUT2D eigenvalue weighted by molar-refractivity contribution is 7.91. The van der Waals surface area contributed by atoms with Crippen molar-refractivity contribution in [1.82, 2.24) is 4.90 Å². The van der Waals surface area contributed by atoms with Gasteiger partial charge in [-0.05, 0) is 19.8 Å². The van der Waals surface area contributed by atoms with Gasteiger partial charge in [0, 0.05) is 6.54 Å². The smallest absolute Gasteiger partial charge is 0.329 e. The lowest BCUT2D eigenvalue weighted by molar-refractivity contribution is -0.155. The molecule has 0 bridgehead atoms. The molecule has 1 rings (SSSR count). The van der Waals surface area contributed by atoms with Gasteiger partial charge in [-0.3, -0.25) is 4.79 Å². The summed E-state index contributed by atoms with van der Waals surface area (Å²) in [6.45, 7) is 1.93. The van der Waals surface area contributed by atoms with Crippen molar-refractivity contribution < 1.29 is 23.1 Å². The standard InChI is InChI=1S/C9H15NO5S/c1-2-10(7-11)9(8(12)13)3-5-16(14,15)6-4-9/h7H,2-6H2,1H3,(H,12,13). The highest BCUT2D eigenvalue weighted by atomic mass is 32.2. The molecule has 0 spiro atoms. The lowest BCUT2D eigenvalue weighted by atomic mass is 9.90. The van der Waals surface area contributed by atoms with Crippen LogP contribution in [0, 0.1) is 0 Å². The van der Waals surface area contributed by atoms with Gasteiger partial charge in [0.15, 0.2) is 9.84 Å². The van der Waals surface area contributed by atoms with Gasteiger partial charge in [0.2, 0.25) is 6.41 Å². The average Bonchev–Trinajstić information content (AvgIpc) is 2.22. The predicted octanol–water partition coefficient (Wildman–Crippen LogP) is -0.503. The molecular formula is C9H15NO5S. The van der Waals surface area contributed by atoms with Crippen molar-refractivity contribution in [3.8, 4) is 0 Å². The number of rotatable bonds is 4. The van der Waals surface area contributed by atoms with Crippen LogP contribution < -0.4 is 0 Å². The van der Waals surface area contributed by atoms with Crippen LogP contribution in [0.2, 0.25) is 0 Å². The molecule has 0 saturated carbocycles. The molecule has 0 radical (unpaired) electrons. The molecule has 0 aromatic rings. The van der Waals surface area contributed by atoms with E-state index in [9.17, 15) is 23.1 Å². The zero-order chi connectivity index (χ0) is 12.4. The Bertz CT molecular complexity index is 375. The van der Waals surface area contributed by atoms with Crippen LogP contribution in [0.5, 0.6) is 0 Å². The van der Waals surface area contributed by atoms with Crippen molar-refractivity contribution in [2.24, 2.45) is 0 Å². The van der Waals surface area contributed by atoms with E-state index >= 15 is 0 Å². The molecule has 16 heavy (non-hydrogen) atoms. The molecule has 1 N–H and O–H groups in total. The molecule has 0 aromatic carbocycles. The maximum atomic E-state index is 11.3. The third-order valence-corrected chi connectivity index (χ3v) is 4.72. The third kappa shape index (κ3) is 2.18. The molecule has 1 saturated heterocycles. The second kappa shape index (κ2) is 4.40. The van der Waals surface area contributed by atoms with Gasteiger partial charge in [-0.25, -0.2) is 13.2 Å². The van der Waals surface area contributed by atoms with Gasteiger partial charge >= 0.3 is 5.97 Å². The maximum Gasteiger partial charge on any atom is 0.329 e. The summed E-state index contributed by atoms with van der Waals surface area (Å²) in [5, 5.41) is 9.20. The number of aliphatic carboxylic acids is 1. The van der Waals surface area contributed by atoms with E-state index in [1.54, 1.807) is 6.92 Å². The fourth-order valence-electron chi connectivity index (χ4n) is 1.98. The Morgan fingerprint density at radius 3 is 2.25 bits per heavy atom. The van der Waals surface area contributed by atoms with Crippen molar-refractivity contribution in [3.63, 3.8) is 0 Å². The summed E-state index contributed by atoms with van der Waals surface area (Å²) < 4.78 is 22.5. The van der Waals surface area contributed by atoms with E-state index in [2.05, 4.69) is 0 Å². The van der Waals surface area contributed by atoms with Crippen LogP contribution in [0.15, 0.2) is 0 Å². The quantitative estimate of drug-likeness (QED) is 0.678. The maximum absolute atomic E-state index is 11.3. The number of sulfone groups is 1. The van der Waals surface area contributed by atoms with Crippen molar-refractivity contribution in [1.29, 1.82) is 0 Å². The highest BCUT2D eigenvalue weighted by Gasteiger charge is 2.47. The Hall–Kier alpha value is -1.11. The van der Waals surface area contributed by atoms with Gasteiger partial charge in [-0.15, -0.1) is 0 Å². The first-order valence-electron chi connectivity index (χ1n) is 5.04. The zero-order valence-electron chi connectivity index (χ0n) is 9.05. The lowest BCUT2D eigenvalue weighted by Gasteiger charge is -2.40. The summed E-state index contributed by atoms with van der Waals surface area (Å²) in [5.41, 5.74) is -1.35. The number of hydrogen-bond donors (Lipinski definition) is 1. The molecule has 0 unspecified atom stereocenters. The summed E-state index contributed by atoms with van der Waals surface area (Å²) in [6.07, 6.45) is 0.417. The molecule has 0 aliphatic carbocycles. The van der Waals surface area contributed by atoms with Crippen LogP contribution in [0.4, 0.5) is 0 Å². The van der Waals surface area contributed by atoms with Crippen LogP contribution in [0.25, 0.3) is 0 Å². The highest BCUT2D eigenvalue weighted by Crippen LogP contribution is 2.29. The molecule has 1 aliphatic rings. The third-order valence-electron chi connectivity index (χ3n) is 3.07. The summed E-state index contributed by atoms with van der Waals surface area (Å²) in [7, 11) is -3.14. The van der Waals surface area contributed by atoms with Gasteiger partial charge in [-0.2, -0.15) is 0 Å². The van der Waals surface area contributed by atoms with E-state index in [-0.39, 0.29) is 30.9 Å². The Labute approximate surface area is 94.2 Å². The number of carbonyl (C=O) groups excluding carboxylic acids is 1. The number of likely N-dealkylation sites (N-methyl/N-ethyl adjacent to an activating group) is 1. The van der Waals surface area contributed by atoms with Gasteiger partial charge < -0.3 is 10.0 Å². The normalized spacial score (nSPS) is 22.3. The number of hydrogen-bond acceptors (Lipinski definition) is 4. The topological polar surface area (TPSA) is 91.8 Å². The minimum absolute atomic E-state index is 0.0305. The summed E-state index contributed by atoms with van der Waals surface area (Å²) in [6, 6.07) is 0. The Morgan fingerprint density at radius 1 is 1.44 bits per heavy atom. The molecule has 6 nitrogen and oxygen atoms in total. The van der Waals surface area contributed by atoms with Gasteiger partial charge in [0.1, 0.15) is 5.54 Å². The fraction of sp³-hybridized carbons (Fsp3) is 0.778. The Kier molecular flexibility index (Phi) is 3.57. The summed E-state index contributed by atoms with van der Waals surface area (Å²) >= 11 is 0. The fourth-order valence-corrected chi connectivity index (χ4v) is 3.48. The van der Waals surface area contributed by atoms with Crippen molar-refractivity contribution in [2.75, 3.05) is 18.1 Å². The second-order valence-electron chi connectivity index (χ2n) is 3.88. The summed E-state index contributed by atoms with van der Waals surface area (Å²) in [4.78, 5) is 23.2. The molecule has 1 fully saturated rings. The number of amides is 1. The predicted molar refractivity (Wildman–Crippen MR) is 56.7 cm³/mol. The first-order valence-corrected chi connectivity index (χ1v) is 6.86. The average molecular weight is 249 g/mol. The zero-order valence-corrected chi connectivity index (χ0v) is 9.87. The molecular weight excluding hydrogens is 234 g/mol. The molecule has 1 amide bonds. The van der Waals surface area contributed by atoms with Crippen molar-refractivity contribution in [3.05, 3.63) is 0 Å². The number of carboxylic acid groups (broad SMARTS) is 1. The minimum Gasteiger partial charge on any atom is -0.479 e. The van der Waals surface area contributed by atoms with Crippen LogP contribution in [0.3, 0.4) is 0 Å². The second-order valence-corrected chi connectivity index (χ2v) is 6.18. The number of carbonyl (C=O) groups is 2. The van der Waals surface area contributed by atoms with E-state index in [0.717, 1.165) is 0 Å². The molecule has 0 aromatic heterocycles. The van der Waals surface area contributed by atoms with Crippen LogP contribution in [-0.4, -0.2) is 54.4 Å². The van der Waals surface area contributed by atoms with E-state index < -0.39 is 21.3 Å². The Balaban J connectivity index is 3.01. The van der Waals surface area contributed by atoms with Crippen molar-refractivity contribution in [2.45, 2.75) is 25.3 Å². The van der Waals surface area contributed by atoms with Crippen molar-refractivity contribution >= 4 is 22.2 Å². The molecule has 1 heterocycles. The largest absolute Gasteiger partial charge is 0.479 e. The molecule has 92 valence electrons. The van der Waals surface area contributed by atoms with Gasteiger partial charge in [0.25, 0.3) is 0 Å². The van der Waals surface area contributed by atoms with E-state index in [4.69, 9.17) is 0 Å². The van der Waals surface area contributed by atoms with Gasteiger partial charge in [-0.1, -0.05) is 0 Å². The van der Waals surface area contributed by atoms with Gasteiger partial charge in [0.05, 0.1) is 11.5 Å². The van der Waals surface area contributed by atoms with Crippen LogP contribution >= 0.6 is 0 Å². The monoisotopic (exact) mass is 249 g/mol. The van der Waals surface area contributed by atoms with E-state index in [1.807, 2.05) is 0 Å². The SMILES string of the molecule is CCN(C=O)C1(C(=O)O)CCS(=O)(=O)CC1. The molecule has 7 heteroatoms. The van der Waals surface area contributed by atoms with Crippen LogP contribution in [0.1, 0.15) is 19.8 Å². The first kappa shape index (κ1) is 13.0. The van der Waals surface area contributed by atoms with E-state index in [0.29, 0.717) is 6.41 Å². The van der Waals surface area contributed by atoms with E-state index in [1.165, 1.54) is 4.90 Å². The minimum atomic E-state index is -3.14. The molecule has 1 aliphatic heterocycles. The lowest BCUT2D eigenvalue weighted by Crippen LogP contribution is -2.58. The molecule has 0 atom stereocenters. The first-order chi connectivity index (χ1) is 7.38.